The molecular weight excluding hydrogens is 152 g/mol. The zero-order chi connectivity index (χ0) is 9.56. The van der Waals surface area contributed by atoms with Gasteiger partial charge in [-0.1, -0.05) is 18.9 Å². The van der Waals surface area contributed by atoms with Crippen molar-refractivity contribution in [2.75, 3.05) is 0 Å². The van der Waals surface area contributed by atoms with Crippen LogP contribution in [0.5, 0.6) is 0 Å². The highest BCUT2D eigenvalue weighted by atomic mass is 16.2. The topological polar surface area (TPSA) is 55.1 Å². The zero-order valence-electron chi connectivity index (χ0n) is 8.11. The van der Waals surface area contributed by atoms with Crippen LogP contribution in [0, 0.1) is 0 Å². The Morgan fingerprint density at radius 1 is 1.42 bits per heavy atom. The number of carbonyl (C=O) groups excluding carboxylic acids is 1. The minimum Gasteiger partial charge on any atom is -0.351 e. The summed E-state index contributed by atoms with van der Waals surface area (Å²) >= 11 is 0. The lowest BCUT2D eigenvalue weighted by Crippen LogP contribution is -2.29. The Balaban J connectivity index is 4.07. The number of unbranched alkanes of at least 4 members (excludes halogenated alkanes) is 1. The van der Waals surface area contributed by atoms with Gasteiger partial charge in [0.1, 0.15) is 0 Å². The molecule has 0 aromatic rings. The molecule has 0 unspecified atom stereocenters. The van der Waals surface area contributed by atoms with Gasteiger partial charge in [-0.25, -0.2) is 4.79 Å². The van der Waals surface area contributed by atoms with Gasteiger partial charge in [-0.15, -0.1) is 0 Å². The normalized spacial score (nSPS) is 9.25. The van der Waals surface area contributed by atoms with Gasteiger partial charge in [0.05, 0.1) is 0 Å². The molecule has 0 fully saturated rings. The third kappa shape index (κ3) is 4.77. The maximum Gasteiger partial charge on any atom is 0.316 e. The van der Waals surface area contributed by atoms with Crippen molar-refractivity contribution in [2.24, 2.45) is 5.73 Å². The third-order valence-corrected chi connectivity index (χ3v) is 1.66. The van der Waals surface area contributed by atoms with Crippen molar-refractivity contribution in [3.8, 4) is 0 Å². The summed E-state index contributed by atoms with van der Waals surface area (Å²) in [6.45, 7) is 6.06. The molecule has 2 amide bonds. The molecule has 0 aliphatic carbocycles. The molecule has 0 spiro atoms. The summed E-state index contributed by atoms with van der Waals surface area (Å²) in [6, 6.07) is -0.470. The second-order valence-electron chi connectivity index (χ2n) is 3.07. The molecule has 3 heteroatoms. The monoisotopic (exact) mass is 170 g/mol. The molecule has 0 bridgehead atoms. The van der Waals surface area contributed by atoms with Gasteiger partial charge in [0.2, 0.25) is 0 Å². The van der Waals surface area contributed by atoms with Crippen molar-refractivity contribution in [3.05, 3.63) is 11.3 Å². The van der Waals surface area contributed by atoms with Gasteiger partial charge in [0, 0.05) is 5.70 Å². The first-order chi connectivity index (χ1) is 5.57. The van der Waals surface area contributed by atoms with Gasteiger partial charge in [-0.3, -0.25) is 0 Å². The van der Waals surface area contributed by atoms with Crippen LogP contribution in [0.25, 0.3) is 0 Å². The van der Waals surface area contributed by atoms with E-state index in [1.807, 2.05) is 13.8 Å². The smallest absolute Gasteiger partial charge is 0.316 e. The Bertz CT molecular complexity index is 181. The number of amides is 2. The van der Waals surface area contributed by atoms with Gasteiger partial charge in [0.25, 0.3) is 0 Å². The first kappa shape index (κ1) is 11.0. The fourth-order valence-electron chi connectivity index (χ4n) is 0.940. The average Bonchev–Trinajstić information content (AvgIpc) is 1.96. The van der Waals surface area contributed by atoms with E-state index in [2.05, 4.69) is 12.2 Å². The van der Waals surface area contributed by atoms with Crippen molar-refractivity contribution in [2.45, 2.75) is 40.0 Å². The van der Waals surface area contributed by atoms with E-state index >= 15 is 0 Å². The number of nitrogens with one attached hydrogen (secondary N) is 1. The van der Waals surface area contributed by atoms with Crippen LogP contribution in [0.1, 0.15) is 40.0 Å². The largest absolute Gasteiger partial charge is 0.351 e. The average molecular weight is 170 g/mol. The summed E-state index contributed by atoms with van der Waals surface area (Å²) in [7, 11) is 0. The second kappa shape index (κ2) is 5.63. The van der Waals surface area contributed by atoms with Crippen molar-refractivity contribution in [1.29, 1.82) is 0 Å². The van der Waals surface area contributed by atoms with Gasteiger partial charge in [-0.2, -0.15) is 0 Å². The van der Waals surface area contributed by atoms with E-state index in [9.17, 15) is 4.79 Å². The summed E-state index contributed by atoms with van der Waals surface area (Å²) in [5, 5.41) is 2.63. The quantitative estimate of drug-likeness (QED) is 0.667. The lowest BCUT2D eigenvalue weighted by Gasteiger charge is -2.08. The third-order valence-electron chi connectivity index (χ3n) is 1.66. The highest BCUT2D eigenvalue weighted by Crippen LogP contribution is 2.08. The molecule has 12 heavy (non-hydrogen) atoms. The Kier molecular flexibility index (Phi) is 5.17. The number of hydrogen-bond acceptors (Lipinski definition) is 1. The minimum absolute atomic E-state index is 0.470. The fraction of sp³-hybridized carbons (Fsp3) is 0.667. The van der Waals surface area contributed by atoms with Gasteiger partial charge >= 0.3 is 6.03 Å². The molecule has 0 aromatic heterocycles. The number of carbonyl (C=O) groups is 1. The van der Waals surface area contributed by atoms with E-state index in [-0.39, 0.29) is 0 Å². The standard InChI is InChI=1S/C9H18N2O/c1-4-5-6-8(7(2)3)11-9(10)12/h4-6H2,1-3H3,(H3,10,11,12). The van der Waals surface area contributed by atoms with Crippen molar-refractivity contribution in [1.82, 2.24) is 5.32 Å². The minimum atomic E-state index is -0.470. The molecule has 0 radical (unpaired) electrons. The Morgan fingerprint density at radius 2 is 2.00 bits per heavy atom. The summed E-state index contributed by atoms with van der Waals surface area (Å²) in [5.41, 5.74) is 7.11. The molecule has 3 N–H and O–H groups in total. The Hall–Kier alpha value is -0.990. The predicted molar refractivity (Wildman–Crippen MR) is 50.6 cm³/mol. The van der Waals surface area contributed by atoms with E-state index in [0.29, 0.717) is 0 Å². The molecule has 0 heterocycles. The molecule has 3 nitrogen and oxygen atoms in total. The number of nitrogens with two attached hydrogens (primary N) is 1. The molecule has 0 aliphatic rings. The maximum atomic E-state index is 10.6. The Morgan fingerprint density at radius 3 is 2.33 bits per heavy atom. The van der Waals surface area contributed by atoms with Crippen LogP contribution in [-0.4, -0.2) is 6.03 Å². The maximum absolute atomic E-state index is 10.6. The SMILES string of the molecule is CCCCC(NC(N)=O)=C(C)C. The second-order valence-corrected chi connectivity index (χ2v) is 3.07. The van der Waals surface area contributed by atoms with Gasteiger partial charge < -0.3 is 11.1 Å². The Labute approximate surface area is 74.0 Å². The fourth-order valence-corrected chi connectivity index (χ4v) is 0.940. The predicted octanol–water partition coefficient (Wildman–Crippen LogP) is 2.14. The first-order valence-electron chi connectivity index (χ1n) is 4.30. The van der Waals surface area contributed by atoms with Crippen LogP contribution >= 0.6 is 0 Å². The highest BCUT2D eigenvalue weighted by molar-refractivity contribution is 5.73. The molecule has 0 saturated carbocycles. The lowest BCUT2D eigenvalue weighted by atomic mass is 10.1. The highest BCUT2D eigenvalue weighted by Gasteiger charge is 2.00. The van der Waals surface area contributed by atoms with Crippen LogP contribution in [0.2, 0.25) is 0 Å². The number of hydrogen-bond donors (Lipinski definition) is 2. The number of primary amides is 1. The summed E-state index contributed by atoms with van der Waals surface area (Å²) in [6.07, 6.45) is 3.11. The molecule has 70 valence electrons. The zero-order valence-corrected chi connectivity index (χ0v) is 8.11. The summed E-state index contributed by atoms with van der Waals surface area (Å²) < 4.78 is 0. The molecule has 0 saturated heterocycles. The van der Waals surface area contributed by atoms with Gasteiger partial charge in [-0.05, 0) is 26.7 Å². The van der Waals surface area contributed by atoms with Crippen molar-refractivity contribution in [3.63, 3.8) is 0 Å². The molecular formula is C9H18N2O. The van der Waals surface area contributed by atoms with E-state index in [4.69, 9.17) is 5.73 Å². The lowest BCUT2D eigenvalue weighted by molar-refractivity contribution is 0.251. The van der Waals surface area contributed by atoms with E-state index in [1.165, 1.54) is 0 Å². The van der Waals surface area contributed by atoms with E-state index in [1.54, 1.807) is 0 Å². The van der Waals surface area contributed by atoms with E-state index in [0.717, 1.165) is 30.5 Å². The van der Waals surface area contributed by atoms with Crippen LogP contribution in [0.3, 0.4) is 0 Å². The molecule has 0 aromatic carbocycles. The van der Waals surface area contributed by atoms with Crippen LogP contribution in [-0.2, 0) is 0 Å². The van der Waals surface area contributed by atoms with Crippen molar-refractivity contribution >= 4 is 6.03 Å². The number of urea groups is 1. The molecule has 0 rings (SSSR count). The molecule has 0 atom stereocenters. The van der Waals surface area contributed by atoms with Crippen LogP contribution in [0.15, 0.2) is 11.3 Å². The number of allylic oxidation sites excluding steroid dienone is 2. The van der Waals surface area contributed by atoms with Crippen LogP contribution < -0.4 is 11.1 Å². The van der Waals surface area contributed by atoms with Crippen LogP contribution in [0.4, 0.5) is 4.79 Å². The summed E-state index contributed by atoms with van der Waals surface area (Å²) in [4.78, 5) is 10.6. The van der Waals surface area contributed by atoms with E-state index < -0.39 is 6.03 Å². The first-order valence-corrected chi connectivity index (χ1v) is 4.30. The van der Waals surface area contributed by atoms with Gasteiger partial charge in [0.15, 0.2) is 0 Å². The van der Waals surface area contributed by atoms with Crippen molar-refractivity contribution < 1.29 is 4.79 Å². The number of rotatable bonds is 4. The molecule has 0 aliphatic heterocycles. The summed E-state index contributed by atoms with van der Waals surface area (Å²) in [5.74, 6) is 0.